The molecule has 106 valence electrons. The molecule has 1 fully saturated rings. The normalized spacial score (nSPS) is 17.4. The number of halogens is 1. The molecule has 1 aliphatic heterocycles. The van der Waals surface area contributed by atoms with Gasteiger partial charge in [-0.3, -0.25) is 0 Å². The van der Waals surface area contributed by atoms with Crippen LogP contribution in [-0.2, 0) is 9.84 Å². The van der Waals surface area contributed by atoms with Crippen LogP contribution in [0.25, 0.3) is 0 Å². The molecule has 1 aliphatic rings. The van der Waals surface area contributed by atoms with E-state index in [2.05, 4.69) is 10.6 Å². The van der Waals surface area contributed by atoms with Crippen LogP contribution in [0.2, 0.25) is 0 Å². The first kappa shape index (κ1) is 14.3. The second-order valence-electron chi connectivity index (χ2n) is 4.99. The lowest BCUT2D eigenvalue weighted by Crippen LogP contribution is -2.31. The fraction of sp³-hybridized carbons (Fsp3) is 0.538. The third-order valence-corrected chi connectivity index (χ3v) is 4.52. The largest absolute Gasteiger partial charge is 0.382 e. The minimum Gasteiger partial charge on any atom is -0.382 e. The summed E-state index contributed by atoms with van der Waals surface area (Å²) in [5, 5.41) is 6.30. The maximum Gasteiger partial charge on any atom is 0.175 e. The number of piperidine rings is 1. The predicted octanol–water partition coefficient (Wildman–Crippen LogP) is 1.64. The van der Waals surface area contributed by atoms with Gasteiger partial charge in [-0.05, 0) is 50.0 Å². The molecule has 1 aromatic rings. The Balaban J connectivity index is 2.06. The van der Waals surface area contributed by atoms with Gasteiger partial charge in [0, 0.05) is 12.8 Å². The van der Waals surface area contributed by atoms with E-state index in [4.69, 9.17) is 0 Å². The van der Waals surface area contributed by atoms with E-state index in [1.807, 2.05) is 0 Å². The molecule has 1 heterocycles. The van der Waals surface area contributed by atoms with Crippen molar-refractivity contribution in [2.24, 2.45) is 5.92 Å². The summed E-state index contributed by atoms with van der Waals surface area (Å²) >= 11 is 0. The van der Waals surface area contributed by atoms with Crippen LogP contribution < -0.4 is 10.6 Å². The molecule has 1 aromatic carbocycles. The third kappa shape index (κ3) is 3.91. The molecule has 2 rings (SSSR count). The highest BCUT2D eigenvalue weighted by Gasteiger charge is 2.15. The maximum absolute atomic E-state index is 13.6. The van der Waals surface area contributed by atoms with E-state index in [1.54, 1.807) is 0 Å². The molecule has 0 amide bonds. The molecule has 0 radical (unpaired) electrons. The van der Waals surface area contributed by atoms with E-state index < -0.39 is 15.7 Å². The predicted molar refractivity (Wildman–Crippen MR) is 73.6 cm³/mol. The van der Waals surface area contributed by atoms with Crippen molar-refractivity contribution in [3.63, 3.8) is 0 Å². The zero-order chi connectivity index (χ0) is 13.9. The Morgan fingerprint density at radius 3 is 2.68 bits per heavy atom. The highest BCUT2D eigenvalue weighted by Crippen LogP contribution is 2.21. The van der Waals surface area contributed by atoms with Gasteiger partial charge in [-0.1, -0.05) is 0 Å². The number of rotatable bonds is 4. The van der Waals surface area contributed by atoms with Crippen molar-refractivity contribution in [2.45, 2.75) is 17.7 Å². The van der Waals surface area contributed by atoms with Gasteiger partial charge in [0.25, 0.3) is 0 Å². The molecular weight excluding hydrogens is 267 g/mol. The summed E-state index contributed by atoms with van der Waals surface area (Å²) in [7, 11) is -3.30. The Labute approximate surface area is 113 Å². The van der Waals surface area contributed by atoms with Crippen LogP contribution in [0.4, 0.5) is 10.1 Å². The van der Waals surface area contributed by atoms with Gasteiger partial charge < -0.3 is 10.6 Å². The van der Waals surface area contributed by atoms with Crippen LogP contribution in [0.1, 0.15) is 12.8 Å². The van der Waals surface area contributed by atoms with Crippen LogP contribution in [0, 0.1) is 11.7 Å². The lowest BCUT2D eigenvalue weighted by molar-refractivity contribution is 0.389. The second kappa shape index (κ2) is 5.88. The molecule has 4 nitrogen and oxygen atoms in total. The van der Waals surface area contributed by atoms with Crippen molar-refractivity contribution in [1.82, 2.24) is 5.32 Å². The standard InChI is InChI=1S/C13H19FN2O2S/c1-19(17,18)11-2-3-12(14)13(8-11)16-9-10-4-6-15-7-5-10/h2-3,8,10,15-16H,4-7,9H2,1H3. The average molecular weight is 286 g/mol. The molecule has 0 aliphatic carbocycles. The minimum absolute atomic E-state index is 0.140. The molecule has 0 aromatic heterocycles. The molecule has 0 unspecified atom stereocenters. The quantitative estimate of drug-likeness (QED) is 0.826. The number of nitrogens with one attached hydrogen (secondary N) is 2. The highest BCUT2D eigenvalue weighted by atomic mass is 32.2. The van der Waals surface area contributed by atoms with Crippen LogP contribution in [0.15, 0.2) is 23.1 Å². The van der Waals surface area contributed by atoms with Crippen molar-refractivity contribution in [3.8, 4) is 0 Å². The number of sulfone groups is 1. The van der Waals surface area contributed by atoms with Gasteiger partial charge >= 0.3 is 0 Å². The molecule has 19 heavy (non-hydrogen) atoms. The lowest BCUT2D eigenvalue weighted by Gasteiger charge is -2.23. The highest BCUT2D eigenvalue weighted by molar-refractivity contribution is 7.90. The monoisotopic (exact) mass is 286 g/mol. The maximum atomic E-state index is 13.6. The summed E-state index contributed by atoms with van der Waals surface area (Å²) < 4.78 is 36.5. The summed E-state index contributed by atoms with van der Waals surface area (Å²) in [5.41, 5.74) is 0.265. The number of hydrogen-bond acceptors (Lipinski definition) is 4. The van der Waals surface area contributed by atoms with E-state index in [0.29, 0.717) is 12.5 Å². The molecule has 0 atom stereocenters. The minimum atomic E-state index is -3.30. The van der Waals surface area contributed by atoms with Gasteiger partial charge in [-0.25, -0.2) is 12.8 Å². The van der Waals surface area contributed by atoms with Crippen molar-refractivity contribution in [3.05, 3.63) is 24.0 Å². The Kier molecular flexibility index (Phi) is 4.42. The first-order valence-corrected chi connectivity index (χ1v) is 8.30. The van der Waals surface area contributed by atoms with Gasteiger partial charge in [0.15, 0.2) is 9.84 Å². The molecule has 0 spiro atoms. The van der Waals surface area contributed by atoms with Gasteiger partial charge in [-0.2, -0.15) is 0 Å². The zero-order valence-electron chi connectivity index (χ0n) is 10.9. The van der Waals surface area contributed by atoms with Gasteiger partial charge in [0.2, 0.25) is 0 Å². The number of hydrogen-bond donors (Lipinski definition) is 2. The van der Waals surface area contributed by atoms with Gasteiger partial charge in [0.1, 0.15) is 5.82 Å². The van der Waals surface area contributed by atoms with Crippen molar-refractivity contribution < 1.29 is 12.8 Å². The SMILES string of the molecule is CS(=O)(=O)c1ccc(F)c(NCC2CCNCC2)c1. The van der Waals surface area contributed by atoms with Gasteiger partial charge in [-0.15, -0.1) is 0 Å². The van der Waals surface area contributed by atoms with Crippen molar-refractivity contribution in [1.29, 1.82) is 0 Å². The van der Waals surface area contributed by atoms with E-state index in [0.717, 1.165) is 32.2 Å². The summed E-state index contributed by atoms with van der Waals surface area (Å²) in [5.74, 6) is 0.0869. The molecule has 2 N–H and O–H groups in total. The lowest BCUT2D eigenvalue weighted by atomic mass is 9.98. The van der Waals surface area contributed by atoms with Crippen LogP contribution in [0.3, 0.4) is 0 Å². The van der Waals surface area contributed by atoms with E-state index in [-0.39, 0.29) is 10.6 Å². The molecular formula is C13H19FN2O2S. The van der Waals surface area contributed by atoms with Crippen molar-refractivity contribution in [2.75, 3.05) is 31.2 Å². The van der Waals surface area contributed by atoms with Crippen molar-refractivity contribution >= 4 is 15.5 Å². The molecule has 0 saturated carbocycles. The number of benzene rings is 1. The zero-order valence-corrected chi connectivity index (χ0v) is 11.8. The van der Waals surface area contributed by atoms with Gasteiger partial charge in [0.05, 0.1) is 10.6 Å². The van der Waals surface area contributed by atoms with E-state index in [1.165, 1.54) is 18.2 Å². The van der Waals surface area contributed by atoms with Crippen LogP contribution >= 0.6 is 0 Å². The first-order chi connectivity index (χ1) is 8.97. The third-order valence-electron chi connectivity index (χ3n) is 3.41. The molecule has 1 saturated heterocycles. The van der Waals surface area contributed by atoms with Crippen LogP contribution in [-0.4, -0.2) is 34.3 Å². The molecule has 6 heteroatoms. The van der Waals surface area contributed by atoms with E-state index in [9.17, 15) is 12.8 Å². The topological polar surface area (TPSA) is 58.2 Å². The fourth-order valence-electron chi connectivity index (χ4n) is 2.21. The Bertz CT molecular complexity index is 540. The summed E-state index contributed by atoms with van der Waals surface area (Å²) in [6, 6.07) is 3.85. The number of anilines is 1. The first-order valence-electron chi connectivity index (χ1n) is 6.41. The van der Waals surface area contributed by atoms with E-state index >= 15 is 0 Å². The smallest absolute Gasteiger partial charge is 0.175 e. The fourth-order valence-corrected chi connectivity index (χ4v) is 2.86. The van der Waals surface area contributed by atoms with Crippen LogP contribution in [0.5, 0.6) is 0 Å². The summed E-state index contributed by atoms with van der Waals surface area (Å²) in [6.07, 6.45) is 3.23. The second-order valence-corrected chi connectivity index (χ2v) is 7.00. The Morgan fingerprint density at radius 2 is 2.05 bits per heavy atom. The Morgan fingerprint density at radius 1 is 1.37 bits per heavy atom. The summed E-state index contributed by atoms with van der Waals surface area (Å²) in [4.78, 5) is 0.140. The summed E-state index contributed by atoms with van der Waals surface area (Å²) in [6.45, 7) is 2.64. The average Bonchev–Trinajstić information content (AvgIpc) is 2.37. The Hall–Kier alpha value is -1.14. The molecule has 0 bridgehead atoms.